The molecule has 8 N–H and O–H groups in total. The number of nitrogens with two attached hydrogens (primary N) is 2. The second kappa shape index (κ2) is 12.8. The van der Waals surface area contributed by atoms with Gasteiger partial charge in [0.25, 0.3) is 0 Å². The number of carbonyl (C=O) groups excluding carboxylic acids is 2. The first kappa shape index (κ1) is 26.9. The molecule has 0 radical (unpaired) electrons. The van der Waals surface area contributed by atoms with Gasteiger partial charge in [0.2, 0.25) is 0 Å². The van der Waals surface area contributed by atoms with Gasteiger partial charge in [0.15, 0.2) is 0 Å². The number of anilines is 2. The van der Waals surface area contributed by atoms with Gasteiger partial charge in [0.05, 0.1) is 0 Å². The van der Waals surface area contributed by atoms with Gasteiger partial charge in [-0.15, -0.1) is 22.7 Å². The van der Waals surface area contributed by atoms with Crippen LogP contribution in [0.3, 0.4) is 0 Å². The monoisotopic (exact) mass is 520 g/mol. The number of nitrogen functional groups attached to an aromatic ring is 2. The topological polar surface area (TPSA) is 160 Å². The molecule has 4 aromatic rings. The van der Waals surface area contributed by atoms with Crippen LogP contribution in [-0.2, 0) is 19.5 Å². The van der Waals surface area contributed by atoms with Crippen LogP contribution >= 0.6 is 0 Å². The van der Waals surface area contributed by atoms with E-state index in [-0.39, 0.29) is 30.6 Å². The molecule has 35 heavy (non-hydrogen) atoms. The van der Waals surface area contributed by atoms with Crippen molar-refractivity contribution >= 4 is 46.1 Å². The van der Waals surface area contributed by atoms with Crippen LogP contribution in [0.25, 0.3) is 10.6 Å². The molecule has 0 aliphatic rings. The van der Waals surface area contributed by atoms with Gasteiger partial charge >= 0.3 is 31.4 Å². The van der Waals surface area contributed by atoms with Crippen molar-refractivity contribution in [2.75, 3.05) is 11.5 Å². The fourth-order valence-electron chi connectivity index (χ4n) is 2.96. The van der Waals surface area contributed by atoms with E-state index in [4.69, 9.17) is 21.7 Å². The van der Waals surface area contributed by atoms with Gasteiger partial charge in [0.1, 0.15) is 11.1 Å². The summed E-state index contributed by atoms with van der Waals surface area (Å²) in [6, 6.07) is 27.8. The number of benzene rings is 4. The fraction of sp³-hybridized carbons (Fsp3) is 0. The molecule has 8 nitrogen and oxygen atoms in total. The first-order chi connectivity index (χ1) is 16.4. The third-order valence-corrected chi connectivity index (χ3v) is 4.65. The van der Waals surface area contributed by atoms with Crippen LogP contribution in [0.1, 0.15) is 20.7 Å². The number of hydrogen-bond donors (Lipinski definition) is 2. The minimum Gasteiger partial charge on any atom is -0.655 e. The molecule has 0 aliphatic heterocycles. The van der Waals surface area contributed by atoms with Gasteiger partial charge in [-0.1, -0.05) is 72.8 Å². The maximum absolute atomic E-state index is 11.1. The predicted octanol–water partition coefficient (Wildman–Crippen LogP) is 4.94. The molecule has 0 saturated heterocycles. The summed E-state index contributed by atoms with van der Waals surface area (Å²) in [5.41, 5.74) is 15.3. The summed E-state index contributed by atoms with van der Waals surface area (Å²) in [5.74, 6) is -1.50. The summed E-state index contributed by atoms with van der Waals surface area (Å²) < 4.78 is 0. The zero-order chi connectivity index (χ0) is 24.5. The maximum atomic E-state index is 11.1. The summed E-state index contributed by atoms with van der Waals surface area (Å²) >= 11 is 0. The zero-order valence-corrected chi connectivity index (χ0v) is 21.8. The Bertz CT molecular complexity index is 1210. The molecule has 4 aromatic carbocycles. The smallest absolute Gasteiger partial charge is 0.655 e. The van der Waals surface area contributed by atoms with Crippen molar-refractivity contribution in [3.05, 3.63) is 119 Å². The van der Waals surface area contributed by atoms with Gasteiger partial charge in [-0.2, -0.15) is 0 Å². The molecular formula is C26H24N4O4Zn+2. The zero-order valence-electron chi connectivity index (χ0n) is 18.8. The largest absolute Gasteiger partial charge is 2.00 e. The second-order valence-corrected chi connectivity index (χ2v) is 7.03. The minimum absolute atomic E-state index is 0. The maximum Gasteiger partial charge on any atom is 2.00 e. The van der Waals surface area contributed by atoms with Gasteiger partial charge in [-0.25, -0.2) is 0 Å². The van der Waals surface area contributed by atoms with Gasteiger partial charge in [-0.3, -0.25) is 0 Å². The molecule has 0 saturated carbocycles. The van der Waals surface area contributed by atoms with Crippen molar-refractivity contribution in [3.63, 3.8) is 0 Å². The van der Waals surface area contributed by atoms with Crippen molar-refractivity contribution in [1.82, 2.24) is 0 Å². The van der Waals surface area contributed by atoms with E-state index in [0.717, 1.165) is 0 Å². The molecule has 0 atom stereocenters. The molecule has 9 heteroatoms. The van der Waals surface area contributed by atoms with Crippen LogP contribution in [0, 0.1) is 0 Å². The van der Waals surface area contributed by atoms with E-state index in [9.17, 15) is 9.59 Å². The molecule has 0 spiro atoms. The standard InChI is InChI=1S/2C13H11N2O2.Zn/c2*14-10-6-2-4-8-12(10)15-11-7-3-1-5-9(11)13(16)17;/h2*1-8H,14H2,(H,16,17);/q2*-1;+2/p+2. The van der Waals surface area contributed by atoms with Crippen LogP contribution in [0.15, 0.2) is 97.1 Å². The van der Waals surface area contributed by atoms with Crippen molar-refractivity contribution in [2.24, 2.45) is 0 Å². The van der Waals surface area contributed by atoms with Crippen LogP contribution < -0.4 is 11.5 Å². The first-order valence-corrected chi connectivity index (χ1v) is 10.2. The predicted molar refractivity (Wildman–Crippen MR) is 136 cm³/mol. The molecule has 0 unspecified atom stereocenters. The van der Waals surface area contributed by atoms with E-state index in [0.29, 0.717) is 34.1 Å². The van der Waals surface area contributed by atoms with E-state index < -0.39 is 11.9 Å². The Morgan fingerprint density at radius 2 is 0.800 bits per heavy atom. The van der Waals surface area contributed by atoms with E-state index in [1.807, 2.05) is 24.3 Å². The number of carbonyl (C=O) groups is 2. The molecule has 172 valence electrons. The second-order valence-electron chi connectivity index (χ2n) is 7.03. The Labute approximate surface area is 215 Å². The summed E-state index contributed by atoms with van der Waals surface area (Å²) in [5, 5.41) is 22.9. The summed E-state index contributed by atoms with van der Waals surface area (Å²) in [6.45, 7) is 0. The van der Waals surface area contributed by atoms with E-state index in [1.165, 1.54) is 0 Å². The summed E-state index contributed by atoms with van der Waals surface area (Å²) in [7, 11) is 0. The summed E-state index contributed by atoms with van der Waals surface area (Å²) in [6.07, 6.45) is 0. The Hall–Kier alpha value is -4.36. The number of para-hydroxylation sites is 6. The van der Waals surface area contributed by atoms with Crippen molar-refractivity contribution < 1.29 is 39.3 Å². The Balaban J connectivity index is 0.000000240. The first-order valence-electron chi connectivity index (χ1n) is 10.2. The Kier molecular flexibility index (Phi) is 9.81. The average molecular weight is 522 g/mol. The van der Waals surface area contributed by atoms with Gasteiger partial charge in [-0.05, 0) is 24.3 Å². The van der Waals surface area contributed by atoms with E-state index in [1.54, 1.807) is 72.8 Å². The van der Waals surface area contributed by atoms with Crippen LogP contribution in [0.2, 0.25) is 0 Å². The van der Waals surface area contributed by atoms with Gasteiger partial charge < -0.3 is 32.3 Å². The third kappa shape index (κ3) is 7.32. The molecule has 0 amide bonds. The normalized spacial score (nSPS) is 9.60. The van der Waals surface area contributed by atoms with Crippen LogP contribution in [-0.4, -0.2) is 22.2 Å². The number of rotatable bonds is 6. The number of nitrogens with zero attached hydrogens (tertiary/aromatic N) is 2. The van der Waals surface area contributed by atoms with Gasteiger partial charge in [0, 0.05) is 21.0 Å². The molecule has 0 heterocycles. The molecule has 0 fully saturated rings. The minimum atomic E-state index is -0.751. The Morgan fingerprint density at radius 3 is 1.11 bits per heavy atom. The third-order valence-electron chi connectivity index (χ3n) is 4.65. The average Bonchev–Trinajstić information content (AvgIpc) is 2.83. The molecule has 0 aromatic heterocycles. The quantitative estimate of drug-likeness (QED) is 0.209. The Morgan fingerprint density at radius 1 is 0.514 bits per heavy atom. The molecule has 0 aliphatic carbocycles. The fourth-order valence-corrected chi connectivity index (χ4v) is 2.96. The van der Waals surface area contributed by atoms with Crippen molar-refractivity contribution in [3.8, 4) is 0 Å². The van der Waals surface area contributed by atoms with Crippen molar-refractivity contribution in [1.29, 1.82) is 0 Å². The SMILES string of the molecule is Nc1ccccc1[N-]c1ccccc1C(=O)[OH2+].Nc1ccccc1[N-]c1ccccc1C(=O)[OH2+].[Zn+2]. The van der Waals surface area contributed by atoms with E-state index >= 15 is 0 Å². The summed E-state index contributed by atoms with van der Waals surface area (Å²) in [4.78, 5) is 22.2. The van der Waals surface area contributed by atoms with Crippen LogP contribution in [0.4, 0.5) is 34.1 Å². The number of hydrogen-bond acceptors (Lipinski definition) is 4. The van der Waals surface area contributed by atoms with E-state index in [2.05, 4.69) is 10.6 Å². The molecule has 4 rings (SSSR count). The van der Waals surface area contributed by atoms with Crippen molar-refractivity contribution in [2.45, 2.75) is 0 Å². The molecule has 0 bridgehead atoms. The van der Waals surface area contributed by atoms with Crippen LogP contribution in [0.5, 0.6) is 0 Å². The molecular weight excluding hydrogens is 498 g/mol.